The summed E-state index contributed by atoms with van der Waals surface area (Å²) in [5.74, 6) is 1.05. The highest BCUT2D eigenvalue weighted by Crippen LogP contribution is 2.35. The van der Waals surface area contributed by atoms with Crippen molar-refractivity contribution in [3.8, 4) is 17.1 Å². The number of ether oxygens (including phenoxy) is 1. The van der Waals surface area contributed by atoms with E-state index in [1.54, 1.807) is 11.0 Å². The van der Waals surface area contributed by atoms with Gasteiger partial charge >= 0.3 is 0 Å². The number of para-hydroxylation sites is 1. The number of fused-ring (bicyclic) bond motifs is 1. The number of thiazole rings is 1. The zero-order valence-electron chi connectivity index (χ0n) is 19.6. The van der Waals surface area contributed by atoms with Crippen molar-refractivity contribution < 1.29 is 14.1 Å². The molecule has 1 amide bonds. The van der Waals surface area contributed by atoms with Gasteiger partial charge in [-0.1, -0.05) is 66.7 Å². The Kier molecular flexibility index (Phi) is 9.04. The molecule has 2 aromatic carbocycles. The molecule has 0 fully saturated rings. The first-order valence-electron chi connectivity index (χ1n) is 11.2. The molecule has 0 bridgehead atoms. The van der Waals surface area contributed by atoms with Gasteiger partial charge in [0.25, 0.3) is 5.91 Å². The molecular formula is C25H29ClN4O3S. The molecule has 0 aliphatic heterocycles. The van der Waals surface area contributed by atoms with Gasteiger partial charge in [0.15, 0.2) is 16.6 Å². The van der Waals surface area contributed by atoms with E-state index >= 15 is 0 Å². The molecular weight excluding hydrogens is 472 g/mol. The molecule has 2 heterocycles. The summed E-state index contributed by atoms with van der Waals surface area (Å²) in [5.41, 5.74) is 1.91. The van der Waals surface area contributed by atoms with E-state index in [0.717, 1.165) is 41.2 Å². The number of carbonyl (C=O) groups is 1. The van der Waals surface area contributed by atoms with Crippen LogP contribution in [0, 0.1) is 0 Å². The molecule has 0 aliphatic rings. The van der Waals surface area contributed by atoms with E-state index in [1.807, 2.05) is 55.5 Å². The number of aromatic nitrogens is 2. The molecule has 4 aromatic rings. The van der Waals surface area contributed by atoms with E-state index in [-0.39, 0.29) is 24.0 Å². The largest absolute Gasteiger partial charge is 0.492 e. The number of benzene rings is 2. The quantitative estimate of drug-likeness (QED) is 0.275. The second-order valence-corrected chi connectivity index (χ2v) is 8.47. The highest BCUT2D eigenvalue weighted by Gasteiger charge is 2.25. The molecule has 0 aliphatic carbocycles. The number of halogens is 1. The van der Waals surface area contributed by atoms with E-state index < -0.39 is 0 Å². The number of rotatable bonds is 10. The lowest BCUT2D eigenvalue weighted by molar-refractivity contribution is 0.0975. The summed E-state index contributed by atoms with van der Waals surface area (Å²) in [5, 5.41) is 4.70. The number of hydrogen-bond acceptors (Lipinski definition) is 7. The van der Waals surface area contributed by atoms with Crippen LogP contribution < -0.4 is 9.64 Å². The zero-order valence-corrected chi connectivity index (χ0v) is 21.2. The Bertz CT molecular complexity index is 1210. The van der Waals surface area contributed by atoms with Crippen molar-refractivity contribution in [2.75, 3.05) is 37.7 Å². The monoisotopic (exact) mass is 500 g/mol. The second kappa shape index (κ2) is 12.0. The number of anilines is 1. The lowest BCUT2D eigenvalue weighted by Crippen LogP contribution is -2.39. The fraction of sp³-hybridized carbons (Fsp3) is 0.320. The Morgan fingerprint density at radius 2 is 1.79 bits per heavy atom. The number of nitrogens with zero attached hydrogens (tertiary/aromatic N) is 4. The van der Waals surface area contributed by atoms with Crippen molar-refractivity contribution in [3.05, 3.63) is 60.3 Å². The van der Waals surface area contributed by atoms with Crippen molar-refractivity contribution in [1.82, 2.24) is 15.0 Å². The number of carbonyl (C=O) groups excluding carboxylic acids is 1. The summed E-state index contributed by atoms with van der Waals surface area (Å²) in [6.45, 7) is 9.79. The lowest BCUT2D eigenvalue weighted by Gasteiger charge is -2.24. The molecule has 180 valence electrons. The summed E-state index contributed by atoms with van der Waals surface area (Å²) in [4.78, 5) is 22.4. The Morgan fingerprint density at radius 3 is 2.50 bits per heavy atom. The van der Waals surface area contributed by atoms with E-state index in [0.29, 0.717) is 24.0 Å². The summed E-state index contributed by atoms with van der Waals surface area (Å²) < 4.78 is 12.2. The number of hydrogen-bond donors (Lipinski definition) is 0. The predicted octanol–water partition coefficient (Wildman–Crippen LogP) is 5.76. The van der Waals surface area contributed by atoms with E-state index in [1.165, 1.54) is 11.3 Å². The van der Waals surface area contributed by atoms with Gasteiger partial charge in [-0.05, 0) is 32.1 Å². The van der Waals surface area contributed by atoms with Gasteiger partial charge in [0.05, 0.1) is 11.3 Å². The fourth-order valence-corrected chi connectivity index (χ4v) is 4.62. The first-order valence-corrected chi connectivity index (χ1v) is 12.0. The molecule has 9 heteroatoms. The van der Waals surface area contributed by atoms with Gasteiger partial charge in [-0.2, -0.15) is 0 Å². The Morgan fingerprint density at radius 1 is 1.03 bits per heavy atom. The summed E-state index contributed by atoms with van der Waals surface area (Å²) >= 11 is 1.48. The maximum Gasteiger partial charge on any atom is 0.282 e. The minimum Gasteiger partial charge on any atom is -0.492 e. The fourth-order valence-electron chi connectivity index (χ4n) is 3.62. The van der Waals surface area contributed by atoms with Gasteiger partial charge in [0.1, 0.15) is 11.3 Å². The van der Waals surface area contributed by atoms with Crippen molar-refractivity contribution in [2.45, 2.75) is 20.8 Å². The van der Waals surface area contributed by atoms with Crippen LogP contribution in [0.5, 0.6) is 5.75 Å². The SMILES string of the molecule is CCOc1cccc2sc(N(CCN(CC)CC)C(=O)c3cc(-c4ccccc4)on3)nc12.Cl. The highest BCUT2D eigenvalue weighted by molar-refractivity contribution is 7.22. The molecule has 0 atom stereocenters. The van der Waals surface area contributed by atoms with Gasteiger partial charge in [-0.3, -0.25) is 9.69 Å². The molecule has 34 heavy (non-hydrogen) atoms. The predicted molar refractivity (Wildman–Crippen MR) is 139 cm³/mol. The van der Waals surface area contributed by atoms with Crippen LogP contribution in [0.3, 0.4) is 0 Å². The van der Waals surface area contributed by atoms with Crippen LogP contribution in [0.4, 0.5) is 5.13 Å². The molecule has 7 nitrogen and oxygen atoms in total. The van der Waals surface area contributed by atoms with Crippen molar-refractivity contribution in [1.29, 1.82) is 0 Å². The van der Waals surface area contributed by atoms with Crippen molar-refractivity contribution >= 4 is 45.0 Å². The molecule has 0 saturated heterocycles. The summed E-state index contributed by atoms with van der Waals surface area (Å²) in [6.07, 6.45) is 0. The van der Waals surface area contributed by atoms with E-state index in [2.05, 4.69) is 23.9 Å². The minimum absolute atomic E-state index is 0. The van der Waals surface area contributed by atoms with Crippen LogP contribution in [-0.2, 0) is 0 Å². The summed E-state index contributed by atoms with van der Waals surface area (Å²) in [7, 11) is 0. The Labute approximate surface area is 209 Å². The average molecular weight is 501 g/mol. The highest BCUT2D eigenvalue weighted by atomic mass is 35.5. The van der Waals surface area contributed by atoms with Gasteiger partial charge in [-0.15, -0.1) is 12.4 Å². The molecule has 0 N–H and O–H groups in total. The minimum atomic E-state index is -0.231. The van der Waals surface area contributed by atoms with Crippen LogP contribution >= 0.6 is 23.7 Å². The number of amides is 1. The van der Waals surface area contributed by atoms with Crippen LogP contribution in [-0.4, -0.2) is 53.7 Å². The van der Waals surface area contributed by atoms with E-state index in [9.17, 15) is 4.79 Å². The summed E-state index contributed by atoms with van der Waals surface area (Å²) in [6, 6.07) is 17.2. The number of likely N-dealkylation sites (N-methyl/N-ethyl adjacent to an activating group) is 1. The van der Waals surface area contributed by atoms with E-state index in [4.69, 9.17) is 14.2 Å². The molecule has 0 unspecified atom stereocenters. The van der Waals surface area contributed by atoms with Crippen molar-refractivity contribution in [3.63, 3.8) is 0 Å². The molecule has 0 spiro atoms. The lowest BCUT2D eigenvalue weighted by atomic mass is 10.1. The van der Waals surface area contributed by atoms with Crippen LogP contribution in [0.25, 0.3) is 21.5 Å². The average Bonchev–Trinajstić information content (AvgIpc) is 3.51. The molecule has 2 aromatic heterocycles. The molecule has 0 saturated carbocycles. The maximum absolute atomic E-state index is 13.6. The smallest absolute Gasteiger partial charge is 0.282 e. The first-order chi connectivity index (χ1) is 16.1. The first kappa shape index (κ1) is 25.7. The topological polar surface area (TPSA) is 71.7 Å². The third-order valence-corrected chi connectivity index (χ3v) is 6.51. The third-order valence-electron chi connectivity index (χ3n) is 5.47. The molecule has 0 radical (unpaired) electrons. The third kappa shape index (κ3) is 5.58. The van der Waals surface area contributed by atoms with Gasteiger partial charge in [-0.25, -0.2) is 4.98 Å². The Balaban J connectivity index is 0.00000324. The van der Waals surface area contributed by atoms with Crippen LogP contribution in [0.1, 0.15) is 31.3 Å². The maximum atomic E-state index is 13.6. The normalized spacial score (nSPS) is 10.9. The van der Waals surface area contributed by atoms with Gasteiger partial charge < -0.3 is 14.2 Å². The van der Waals surface area contributed by atoms with Crippen molar-refractivity contribution in [2.24, 2.45) is 0 Å². The van der Waals surface area contributed by atoms with Gasteiger partial charge in [0, 0.05) is 24.7 Å². The Hall–Kier alpha value is -2.94. The van der Waals surface area contributed by atoms with Crippen LogP contribution in [0.2, 0.25) is 0 Å². The van der Waals surface area contributed by atoms with Crippen LogP contribution in [0.15, 0.2) is 59.1 Å². The second-order valence-electron chi connectivity index (χ2n) is 7.46. The standard InChI is InChI=1S/C25H28N4O3S.ClH/c1-4-28(5-2)15-16-29(25-26-23-20(31-6-3)13-10-14-22(23)33-25)24(30)19-17-21(32-27-19)18-11-8-7-9-12-18;/h7-14,17H,4-6,15-16H2,1-3H3;1H. The van der Waals surface area contributed by atoms with Gasteiger partial charge in [0.2, 0.25) is 0 Å². The molecule has 4 rings (SSSR count). The zero-order chi connectivity index (χ0) is 23.2.